The number of hydrogen-bond acceptors (Lipinski definition) is 3. The summed E-state index contributed by atoms with van der Waals surface area (Å²) in [7, 11) is 2.09. The molecule has 0 saturated carbocycles. The molecule has 1 saturated heterocycles. The molecule has 1 aliphatic rings. The highest BCUT2D eigenvalue weighted by molar-refractivity contribution is 8.00. The van der Waals surface area contributed by atoms with Gasteiger partial charge in [0, 0.05) is 23.6 Å². The zero-order valence-corrected chi connectivity index (χ0v) is 12.4. The van der Waals surface area contributed by atoms with Crippen molar-refractivity contribution in [1.29, 1.82) is 0 Å². The van der Waals surface area contributed by atoms with Crippen LogP contribution in [0.2, 0.25) is 0 Å². The molecule has 17 heavy (non-hydrogen) atoms. The van der Waals surface area contributed by atoms with Gasteiger partial charge in [0.05, 0.1) is 5.92 Å². The molecule has 0 aromatic rings. The summed E-state index contributed by atoms with van der Waals surface area (Å²) < 4.78 is 0.287. The van der Waals surface area contributed by atoms with Crippen LogP contribution in [0.1, 0.15) is 33.6 Å². The first-order valence-electron chi connectivity index (χ1n) is 6.49. The average molecular weight is 258 g/mol. The highest BCUT2D eigenvalue weighted by atomic mass is 32.2. The van der Waals surface area contributed by atoms with E-state index in [1.54, 1.807) is 0 Å². The second-order valence-corrected chi connectivity index (χ2v) is 7.77. The van der Waals surface area contributed by atoms with Crippen molar-refractivity contribution in [3.05, 3.63) is 0 Å². The molecule has 0 unspecified atom stereocenters. The van der Waals surface area contributed by atoms with Crippen LogP contribution in [-0.2, 0) is 4.79 Å². The topological polar surface area (TPSA) is 32.3 Å². The normalized spacial score (nSPS) is 22.5. The van der Waals surface area contributed by atoms with Gasteiger partial charge in [-0.1, -0.05) is 20.8 Å². The molecular weight excluding hydrogens is 232 g/mol. The summed E-state index contributed by atoms with van der Waals surface area (Å²) in [5, 5.41) is 3.06. The number of carbonyl (C=O) groups is 1. The van der Waals surface area contributed by atoms with E-state index in [2.05, 4.69) is 38.0 Å². The standard InChI is InChI=1S/C13H26N2OS/c1-13(2,3)17-9-7-14-12(16)11-6-5-8-15(4)10-11/h11H,5-10H2,1-4H3,(H,14,16)/t11-/m1/s1. The fourth-order valence-corrected chi connectivity index (χ4v) is 2.87. The third-order valence-corrected chi connectivity index (χ3v) is 4.21. The Morgan fingerprint density at radius 2 is 2.18 bits per heavy atom. The SMILES string of the molecule is CN1CCC[C@@H](C(=O)NCCSC(C)(C)C)C1. The molecule has 1 fully saturated rings. The lowest BCUT2D eigenvalue weighted by Crippen LogP contribution is -2.42. The number of piperidine rings is 1. The van der Waals surface area contributed by atoms with Crippen molar-refractivity contribution in [1.82, 2.24) is 10.2 Å². The Morgan fingerprint density at radius 3 is 2.76 bits per heavy atom. The zero-order valence-electron chi connectivity index (χ0n) is 11.6. The minimum absolute atomic E-state index is 0.202. The summed E-state index contributed by atoms with van der Waals surface area (Å²) in [6.45, 7) is 9.45. The first-order valence-corrected chi connectivity index (χ1v) is 7.47. The van der Waals surface area contributed by atoms with Gasteiger partial charge >= 0.3 is 0 Å². The smallest absolute Gasteiger partial charge is 0.224 e. The lowest BCUT2D eigenvalue weighted by Gasteiger charge is -2.28. The number of nitrogens with one attached hydrogen (secondary N) is 1. The summed E-state index contributed by atoms with van der Waals surface area (Å²) in [6, 6.07) is 0. The summed E-state index contributed by atoms with van der Waals surface area (Å²) >= 11 is 1.90. The van der Waals surface area contributed by atoms with Crippen LogP contribution >= 0.6 is 11.8 Å². The van der Waals surface area contributed by atoms with E-state index in [1.807, 2.05) is 11.8 Å². The first-order chi connectivity index (χ1) is 7.88. The quantitative estimate of drug-likeness (QED) is 0.783. The number of nitrogens with zero attached hydrogens (tertiary/aromatic N) is 1. The van der Waals surface area contributed by atoms with E-state index < -0.39 is 0 Å². The van der Waals surface area contributed by atoms with E-state index in [0.717, 1.165) is 38.2 Å². The summed E-state index contributed by atoms with van der Waals surface area (Å²) in [5.74, 6) is 1.44. The Kier molecular flexibility index (Phi) is 5.80. The molecule has 0 bridgehead atoms. The third kappa shape index (κ3) is 6.32. The molecule has 0 aliphatic carbocycles. The fraction of sp³-hybridized carbons (Fsp3) is 0.923. The van der Waals surface area contributed by atoms with Crippen LogP contribution in [0, 0.1) is 5.92 Å². The fourth-order valence-electron chi connectivity index (χ4n) is 2.06. The van der Waals surface area contributed by atoms with Crippen molar-refractivity contribution in [2.45, 2.75) is 38.4 Å². The molecule has 1 amide bonds. The van der Waals surface area contributed by atoms with Crippen molar-refractivity contribution in [3.8, 4) is 0 Å². The summed E-state index contributed by atoms with van der Waals surface area (Å²) in [5.41, 5.74) is 0. The maximum atomic E-state index is 11.9. The zero-order chi connectivity index (χ0) is 12.9. The molecule has 1 heterocycles. The molecule has 0 spiro atoms. The minimum atomic E-state index is 0.202. The van der Waals surface area contributed by atoms with E-state index in [1.165, 1.54) is 0 Å². The lowest BCUT2D eigenvalue weighted by atomic mass is 9.98. The predicted molar refractivity (Wildman–Crippen MR) is 75.4 cm³/mol. The molecule has 3 nitrogen and oxygen atoms in total. The maximum absolute atomic E-state index is 11.9. The molecule has 0 radical (unpaired) electrons. The van der Waals surface area contributed by atoms with Crippen molar-refractivity contribution in [2.75, 3.05) is 32.4 Å². The van der Waals surface area contributed by atoms with Gasteiger partial charge in [0.1, 0.15) is 0 Å². The molecule has 1 N–H and O–H groups in total. The largest absolute Gasteiger partial charge is 0.355 e. The number of likely N-dealkylation sites (tertiary alicyclic amines) is 1. The Morgan fingerprint density at radius 1 is 1.47 bits per heavy atom. The van der Waals surface area contributed by atoms with Crippen LogP contribution in [0.3, 0.4) is 0 Å². The molecule has 1 aliphatic heterocycles. The molecule has 4 heteroatoms. The van der Waals surface area contributed by atoms with Crippen LogP contribution < -0.4 is 5.32 Å². The Balaban J connectivity index is 2.16. The van der Waals surface area contributed by atoms with Gasteiger partial charge in [0.15, 0.2) is 0 Å². The second-order valence-electron chi connectivity index (χ2n) is 5.85. The number of thioether (sulfide) groups is 1. The van der Waals surface area contributed by atoms with Gasteiger partial charge in [-0.05, 0) is 26.4 Å². The first kappa shape index (κ1) is 14.8. The summed E-state index contributed by atoms with van der Waals surface area (Å²) in [4.78, 5) is 14.2. The highest BCUT2D eigenvalue weighted by Gasteiger charge is 2.23. The van der Waals surface area contributed by atoms with E-state index in [9.17, 15) is 4.79 Å². The summed E-state index contributed by atoms with van der Waals surface area (Å²) in [6.07, 6.45) is 2.19. The molecular formula is C13H26N2OS. The van der Waals surface area contributed by atoms with Gasteiger partial charge in [-0.25, -0.2) is 0 Å². The van der Waals surface area contributed by atoms with Crippen LogP contribution in [0.25, 0.3) is 0 Å². The Hall–Kier alpha value is -0.220. The van der Waals surface area contributed by atoms with E-state index >= 15 is 0 Å². The second kappa shape index (κ2) is 6.64. The number of hydrogen-bond donors (Lipinski definition) is 1. The van der Waals surface area contributed by atoms with Gasteiger partial charge in [-0.3, -0.25) is 4.79 Å². The average Bonchev–Trinajstić information content (AvgIpc) is 2.23. The van der Waals surface area contributed by atoms with Crippen LogP contribution in [0.15, 0.2) is 0 Å². The van der Waals surface area contributed by atoms with Gasteiger partial charge in [0.25, 0.3) is 0 Å². The van der Waals surface area contributed by atoms with Crippen molar-refractivity contribution < 1.29 is 4.79 Å². The molecule has 1 atom stereocenters. The van der Waals surface area contributed by atoms with Gasteiger partial charge in [0.2, 0.25) is 5.91 Å². The third-order valence-electron chi connectivity index (χ3n) is 2.93. The van der Waals surface area contributed by atoms with Crippen LogP contribution in [-0.4, -0.2) is 48.0 Å². The number of rotatable bonds is 4. The number of amides is 1. The van der Waals surface area contributed by atoms with Gasteiger partial charge in [-0.15, -0.1) is 0 Å². The monoisotopic (exact) mass is 258 g/mol. The minimum Gasteiger partial charge on any atom is -0.355 e. The van der Waals surface area contributed by atoms with Crippen molar-refractivity contribution in [3.63, 3.8) is 0 Å². The maximum Gasteiger partial charge on any atom is 0.224 e. The van der Waals surface area contributed by atoms with Crippen molar-refractivity contribution in [2.24, 2.45) is 5.92 Å². The van der Waals surface area contributed by atoms with E-state index in [4.69, 9.17) is 0 Å². The molecule has 1 rings (SSSR count). The molecule has 100 valence electrons. The highest BCUT2D eigenvalue weighted by Crippen LogP contribution is 2.22. The van der Waals surface area contributed by atoms with E-state index in [0.29, 0.717) is 0 Å². The predicted octanol–water partition coefficient (Wildman–Crippen LogP) is 1.98. The van der Waals surface area contributed by atoms with Gasteiger partial charge in [-0.2, -0.15) is 11.8 Å². The van der Waals surface area contributed by atoms with Crippen LogP contribution in [0.4, 0.5) is 0 Å². The number of carbonyl (C=O) groups excluding carboxylic acids is 1. The van der Waals surface area contributed by atoms with E-state index in [-0.39, 0.29) is 16.6 Å². The lowest BCUT2D eigenvalue weighted by molar-refractivity contribution is -0.126. The van der Waals surface area contributed by atoms with Gasteiger partial charge < -0.3 is 10.2 Å². The molecule has 0 aromatic heterocycles. The van der Waals surface area contributed by atoms with Crippen molar-refractivity contribution >= 4 is 17.7 Å². The Labute approximate surface area is 110 Å². The van der Waals surface area contributed by atoms with Crippen LogP contribution in [0.5, 0.6) is 0 Å². The Bertz CT molecular complexity index is 250. The molecule has 0 aromatic carbocycles.